The lowest BCUT2D eigenvalue weighted by Crippen LogP contribution is -2.53. The molecule has 0 radical (unpaired) electrons. The summed E-state index contributed by atoms with van der Waals surface area (Å²) in [5.74, 6) is 0. The summed E-state index contributed by atoms with van der Waals surface area (Å²) in [4.78, 5) is 2.53. The van der Waals surface area contributed by atoms with Crippen LogP contribution in [0.4, 0.5) is 0 Å². The molecule has 2 aliphatic heterocycles. The van der Waals surface area contributed by atoms with Crippen LogP contribution in [-0.2, 0) is 0 Å². The lowest BCUT2D eigenvalue weighted by Gasteiger charge is -2.39. The normalized spacial score (nSPS) is 39.8. The lowest BCUT2D eigenvalue weighted by molar-refractivity contribution is 0.141. The van der Waals surface area contributed by atoms with Gasteiger partial charge in [0.15, 0.2) is 0 Å². The summed E-state index contributed by atoms with van der Waals surface area (Å²) >= 11 is 0. The first-order valence-electron chi connectivity index (χ1n) is 5.14. The topological polar surface area (TPSA) is 39.1 Å². The molecule has 0 saturated carbocycles. The number of fused-ring (bicyclic) bond motifs is 1. The van der Waals surface area contributed by atoms with Gasteiger partial charge in [0, 0.05) is 12.6 Å². The molecule has 2 heterocycles. The van der Waals surface area contributed by atoms with Gasteiger partial charge in [-0.15, -0.1) is 0 Å². The molecule has 0 bridgehead atoms. The summed E-state index contributed by atoms with van der Waals surface area (Å²) in [7, 11) is 1.91. The first-order chi connectivity index (χ1) is 6.29. The van der Waals surface area contributed by atoms with Crippen molar-refractivity contribution in [1.29, 1.82) is 5.26 Å². The second-order valence-corrected chi connectivity index (χ2v) is 4.23. The van der Waals surface area contributed by atoms with E-state index in [1.807, 2.05) is 7.05 Å². The van der Waals surface area contributed by atoms with Gasteiger partial charge in [-0.25, -0.2) is 0 Å². The summed E-state index contributed by atoms with van der Waals surface area (Å²) in [6.07, 6.45) is 4.59. The Bertz CT molecular complexity index is 233. The minimum Gasteiger partial charge on any atom is -0.302 e. The summed E-state index contributed by atoms with van der Waals surface area (Å²) in [6, 6.07) is 3.11. The predicted molar refractivity (Wildman–Crippen MR) is 51.2 cm³/mol. The predicted octanol–water partition coefficient (Wildman–Crippen LogP) is 0.726. The fourth-order valence-electron chi connectivity index (χ4n) is 2.64. The maximum atomic E-state index is 9.13. The van der Waals surface area contributed by atoms with Crippen LogP contribution < -0.4 is 5.32 Å². The van der Waals surface area contributed by atoms with Gasteiger partial charge < -0.3 is 10.2 Å². The Hall–Kier alpha value is -0.590. The fourth-order valence-corrected chi connectivity index (χ4v) is 2.64. The number of nitrogens with one attached hydrogen (secondary N) is 1. The Balaban J connectivity index is 2.08. The van der Waals surface area contributed by atoms with Gasteiger partial charge >= 0.3 is 0 Å². The van der Waals surface area contributed by atoms with Crippen LogP contribution in [-0.4, -0.2) is 36.6 Å². The monoisotopic (exact) mass is 179 g/mol. The molecule has 3 nitrogen and oxygen atoms in total. The fraction of sp³-hybridized carbons (Fsp3) is 0.900. The minimum atomic E-state index is -0.231. The molecule has 72 valence electrons. The molecule has 0 aromatic heterocycles. The quantitative estimate of drug-likeness (QED) is 0.645. The zero-order chi connectivity index (χ0) is 9.31. The molecule has 0 spiro atoms. The minimum absolute atomic E-state index is 0.231. The van der Waals surface area contributed by atoms with Crippen molar-refractivity contribution in [2.45, 2.75) is 37.3 Å². The van der Waals surface area contributed by atoms with Crippen LogP contribution in [0.3, 0.4) is 0 Å². The number of hydrogen-bond acceptors (Lipinski definition) is 3. The van der Waals surface area contributed by atoms with Gasteiger partial charge in [-0.1, -0.05) is 0 Å². The zero-order valence-corrected chi connectivity index (χ0v) is 8.21. The largest absolute Gasteiger partial charge is 0.302 e. The highest BCUT2D eigenvalue weighted by Gasteiger charge is 2.40. The van der Waals surface area contributed by atoms with E-state index in [2.05, 4.69) is 16.3 Å². The van der Waals surface area contributed by atoms with E-state index in [9.17, 15) is 0 Å². The summed E-state index contributed by atoms with van der Waals surface area (Å²) in [6.45, 7) is 2.34. The first-order valence-corrected chi connectivity index (χ1v) is 5.14. The number of piperidine rings is 1. The van der Waals surface area contributed by atoms with E-state index in [1.165, 1.54) is 19.4 Å². The van der Waals surface area contributed by atoms with Crippen LogP contribution in [0.1, 0.15) is 25.7 Å². The van der Waals surface area contributed by atoms with E-state index >= 15 is 0 Å². The van der Waals surface area contributed by atoms with E-state index in [1.54, 1.807) is 0 Å². The van der Waals surface area contributed by atoms with Crippen molar-refractivity contribution in [3.8, 4) is 6.07 Å². The second kappa shape index (κ2) is 3.28. The third-order valence-electron chi connectivity index (χ3n) is 3.60. The molecule has 2 unspecified atom stereocenters. The molecule has 2 atom stereocenters. The van der Waals surface area contributed by atoms with Crippen LogP contribution >= 0.6 is 0 Å². The lowest BCUT2D eigenvalue weighted by atomic mass is 9.85. The third kappa shape index (κ3) is 1.45. The molecule has 13 heavy (non-hydrogen) atoms. The van der Waals surface area contributed by atoms with E-state index in [0.717, 1.165) is 19.4 Å². The average molecular weight is 179 g/mol. The maximum Gasteiger partial charge on any atom is 0.109 e. The Morgan fingerprint density at radius 1 is 1.54 bits per heavy atom. The van der Waals surface area contributed by atoms with Crippen LogP contribution in [0.5, 0.6) is 0 Å². The van der Waals surface area contributed by atoms with Crippen molar-refractivity contribution < 1.29 is 0 Å². The van der Waals surface area contributed by atoms with Crippen molar-refractivity contribution in [1.82, 2.24) is 10.2 Å². The van der Waals surface area contributed by atoms with Crippen molar-refractivity contribution in [2.75, 3.05) is 20.1 Å². The highest BCUT2D eigenvalue weighted by molar-refractivity contribution is 5.12. The van der Waals surface area contributed by atoms with Gasteiger partial charge in [0.2, 0.25) is 0 Å². The van der Waals surface area contributed by atoms with Crippen LogP contribution in [0, 0.1) is 11.3 Å². The third-order valence-corrected chi connectivity index (χ3v) is 3.60. The molecular weight excluding hydrogens is 162 g/mol. The molecule has 3 heteroatoms. The molecule has 0 aromatic carbocycles. The number of nitriles is 1. The molecular formula is C10H17N3. The Morgan fingerprint density at radius 2 is 2.38 bits per heavy atom. The van der Waals surface area contributed by atoms with Gasteiger partial charge in [-0.3, -0.25) is 0 Å². The highest BCUT2D eigenvalue weighted by Crippen LogP contribution is 2.32. The van der Waals surface area contributed by atoms with Crippen LogP contribution in [0.15, 0.2) is 0 Å². The summed E-state index contributed by atoms with van der Waals surface area (Å²) < 4.78 is 0. The molecule has 2 saturated heterocycles. The Morgan fingerprint density at radius 3 is 3.08 bits per heavy atom. The van der Waals surface area contributed by atoms with Crippen molar-refractivity contribution in [3.63, 3.8) is 0 Å². The molecule has 0 aromatic rings. The molecule has 0 amide bonds. The van der Waals surface area contributed by atoms with E-state index < -0.39 is 0 Å². The van der Waals surface area contributed by atoms with Gasteiger partial charge in [-0.2, -0.15) is 5.26 Å². The van der Waals surface area contributed by atoms with E-state index in [4.69, 9.17) is 5.26 Å². The second-order valence-electron chi connectivity index (χ2n) is 4.23. The first kappa shape index (κ1) is 8.98. The number of nitrogens with zero attached hydrogens (tertiary/aromatic N) is 2. The van der Waals surface area contributed by atoms with Gasteiger partial charge in [0.25, 0.3) is 0 Å². The Kier molecular flexibility index (Phi) is 2.27. The summed E-state index contributed by atoms with van der Waals surface area (Å²) in [5, 5.41) is 12.3. The SMILES string of the molecule is CNC1(C#N)CCN2CCCC2C1. The number of rotatable bonds is 1. The molecule has 2 fully saturated rings. The number of hydrogen-bond donors (Lipinski definition) is 1. The van der Waals surface area contributed by atoms with Gasteiger partial charge in [0.1, 0.15) is 5.54 Å². The van der Waals surface area contributed by atoms with Crippen molar-refractivity contribution >= 4 is 0 Å². The Labute approximate surface area is 79.7 Å². The van der Waals surface area contributed by atoms with E-state index in [0.29, 0.717) is 6.04 Å². The van der Waals surface area contributed by atoms with Gasteiger partial charge in [-0.05, 0) is 39.3 Å². The highest BCUT2D eigenvalue weighted by atomic mass is 15.2. The standard InChI is InChI=1S/C10H17N3/c1-12-10(8-11)4-6-13-5-2-3-9(13)7-10/h9,12H,2-7H2,1H3. The van der Waals surface area contributed by atoms with Crippen molar-refractivity contribution in [3.05, 3.63) is 0 Å². The van der Waals surface area contributed by atoms with E-state index in [-0.39, 0.29) is 5.54 Å². The van der Waals surface area contributed by atoms with Gasteiger partial charge in [0.05, 0.1) is 6.07 Å². The van der Waals surface area contributed by atoms with Crippen LogP contribution in [0.25, 0.3) is 0 Å². The smallest absolute Gasteiger partial charge is 0.109 e. The average Bonchev–Trinajstić information content (AvgIpc) is 2.64. The maximum absolute atomic E-state index is 9.13. The molecule has 2 rings (SSSR count). The molecule has 2 aliphatic rings. The van der Waals surface area contributed by atoms with Crippen molar-refractivity contribution in [2.24, 2.45) is 0 Å². The molecule has 1 N–H and O–H groups in total. The molecule has 0 aliphatic carbocycles. The summed E-state index contributed by atoms with van der Waals surface area (Å²) in [5.41, 5.74) is -0.231. The van der Waals surface area contributed by atoms with Crippen LogP contribution in [0.2, 0.25) is 0 Å². The zero-order valence-electron chi connectivity index (χ0n) is 8.21.